The second kappa shape index (κ2) is 5.20. The van der Waals surface area contributed by atoms with Crippen LogP contribution in [0.25, 0.3) is 0 Å². The van der Waals surface area contributed by atoms with Gasteiger partial charge < -0.3 is 21.7 Å². The molecular formula is C15H16Cl2N2O2. The summed E-state index contributed by atoms with van der Waals surface area (Å²) < 4.78 is 0. The second-order valence-corrected chi connectivity index (χ2v) is 6.23. The monoisotopic (exact) mass is 326 g/mol. The topological polar surface area (TPSA) is 92.5 Å². The normalized spacial score (nSPS) is 11.6. The van der Waals surface area contributed by atoms with Crippen LogP contribution in [0.3, 0.4) is 0 Å². The number of hydrogen-bond donors (Lipinski definition) is 4. The molecule has 21 heavy (non-hydrogen) atoms. The zero-order valence-electron chi connectivity index (χ0n) is 11.6. The molecule has 0 heterocycles. The van der Waals surface area contributed by atoms with Crippen LogP contribution in [0.4, 0.5) is 11.4 Å². The van der Waals surface area contributed by atoms with Gasteiger partial charge in [-0.3, -0.25) is 0 Å². The minimum Gasteiger partial charge on any atom is -0.508 e. The molecule has 0 aliphatic carbocycles. The Hall–Kier alpha value is -1.78. The number of halogens is 2. The van der Waals surface area contributed by atoms with Crippen molar-refractivity contribution >= 4 is 34.6 Å². The number of aromatic hydroxyl groups is 2. The van der Waals surface area contributed by atoms with Gasteiger partial charge in [-0.05, 0) is 18.2 Å². The third kappa shape index (κ3) is 2.69. The van der Waals surface area contributed by atoms with Crippen molar-refractivity contribution in [3.8, 4) is 11.5 Å². The highest BCUT2D eigenvalue weighted by atomic mass is 35.5. The largest absolute Gasteiger partial charge is 0.508 e. The Balaban J connectivity index is 2.70. The molecule has 0 bridgehead atoms. The summed E-state index contributed by atoms with van der Waals surface area (Å²) in [5.41, 5.74) is 12.6. The first kappa shape index (κ1) is 15.6. The van der Waals surface area contributed by atoms with Gasteiger partial charge in [-0.2, -0.15) is 0 Å². The van der Waals surface area contributed by atoms with Crippen LogP contribution in [0.2, 0.25) is 10.0 Å². The quantitative estimate of drug-likeness (QED) is 0.497. The van der Waals surface area contributed by atoms with Crippen LogP contribution < -0.4 is 11.5 Å². The van der Waals surface area contributed by atoms with Crippen LogP contribution in [-0.4, -0.2) is 10.2 Å². The molecule has 0 saturated carbocycles. The van der Waals surface area contributed by atoms with Crippen molar-refractivity contribution < 1.29 is 10.2 Å². The molecule has 6 heteroatoms. The number of phenols is 2. The maximum absolute atomic E-state index is 10.2. The van der Waals surface area contributed by atoms with Gasteiger partial charge in [-0.25, -0.2) is 0 Å². The molecule has 0 aromatic heterocycles. The van der Waals surface area contributed by atoms with Crippen molar-refractivity contribution in [3.05, 3.63) is 45.4 Å². The van der Waals surface area contributed by atoms with Gasteiger partial charge in [0.15, 0.2) is 0 Å². The molecule has 6 N–H and O–H groups in total. The molecule has 0 radical (unpaired) electrons. The maximum Gasteiger partial charge on any atom is 0.138 e. The minimum atomic E-state index is -0.772. The number of phenolic OH excluding ortho intramolecular Hbond substituents is 2. The fourth-order valence-electron chi connectivity index (χ4n) is 2.32. The van der Waals surface area contributed by atoms with Gasteiger partial charge >= 0.3 is 0 Å². The fourth-order valence-corrected chi connectivity index (χ4v) is 2.71. The number of anilines is 2. The Bertz CT molecular complexity index is 715. The van der Waals surface area contributed by atoms with E-state index in [-0.39, 0.29) is 21.5 Å². The van der Waals surface area contributed by atoms with E-state index in [4.69, 9.17) is 34.7 Å². The molecule has 0 atom stereocenters. The summed E-state index contributed by atoms with van der Waals surface area (Å²) in [5.74, 6) is -0.0964. The molecule has 4 nitrogen and oxygen atoms in total. The van der Waals surface area contributed by atoms with Gasteiger partial charge in [-0.15, -0.1) is 0 Å². The number of benzene rings is 2. The van der Waals surface area contributed by atoms with E-state index >= 15 is 0 Å². The summed E-state index contributed by atoms with van der Waals surface area (Å²) in [6.07, 6.45) is 0. The lowest BCUT2D eigenvalue weighted by Gasteiger charge is -2.28. The van der Waals surface area contributed by atoms with E-state index in [2.05, 4.69) is 0 Å². The highest BCUT2D eigenvalue weighted by Gasteiger charge is 2.31. The summed E-state index contributed by atoms with van der Waals surface area (Å²) in [4.78, 5) is 0. The molecule has 112 valence electrons. The number of rotatable bonds is 2. The Kier molecular flexibility index (Phi) is 3.87. The van der Waals surface area contributed by atoms with Crippen LogP contribution in [0, 0.1) is 0 Å². The summed E-state index contributed by atoms with van der Waals surface area (Å²) in [6.45, 7) is 3.64. The standard InChI is InChI=1S/C15H16Cl2N2O2/c1-15(2,8-5-12(19)10(16)6-13(8)20)9-3-7(18)4-11(17)14(9)21/h3-6,20-21H,18-19H2,1-2H3. The fraction of sp³-hybridized carbons (Fsp3) is 0.200. The molecule has 0 amide bonds. The van der Waals surface area contributed by atoms with Gasteiger partial charge in [0.05, 0.1) is 15.7 Å². The number of nitrogen functional groups attached to an aromatic ring is 2. The summed E-state index contributed by atoms with van der Waals surface area (Å²) >= 11 is 11.9. The van der Waals surface area contributed by atoms with E-state index in [9.17, 15) is 10.2 Å². The first-order chi connectivity index (χ1) is 9.64. The molecule has 0 aliphatic heterocycles. The zero-order chi connectivity index (χ0) is 15.9. The van der Waals surface area contributed by atoms with E-state index < -0.39 is 5.41 Å². The molecule has 0 unspecified atom stereocenters. The summed E-state index contributed by atoms with van der Waals surface area (Å²) in [7, 11) is 0. The SMILES string of the molecule is CC(C)(c1cc(N)c(Cl)cc1O)c1cc(N)cc(Cl)c1O. The number of hydrogen-bond acceptors (Lipinski definition) is 4. The first-order valence-corrected chi connectivity index (χ1v) is 6.97. The van der Waals surface area contributed by atoms with Crippen LogP contribution in [0.15, 0.2) is 24.3 Å². The molecule has 0 saturated heterocycles. The zero-order valence-corrected chi connectivity index (χ0v) is 13.1. The van der Waals surface area contributed by atoms with Crippen molar-refractivity contribution in [3.63, 3.8) is 0 Å². The van der Waals surface area contributed by atoms with Crippen LogP contribution in [0.5, 0.6) is 11.5 Å². The third-order valence-corrected chi connectivity index (χ3v) is 4.16. The Morgan fingerprint density at radius 2 is 1.52 bits per heavy atom. The highest BCUT2D eigenvalue weighted by molar-refractivity contribution is 6.33. The summed E-state index contributed by atoms with van der Waals surface area (Å²) in [5, 5.41) is 20.8. The maximum atomic E-state index is 10.2. The molecule has 2 rings (SSSR count). The lowest BCUT2D eigenvalue weighted by Crippen LogP contribution is -2.20. The predicted molar refractivity (Wildman–Crippen MR) is 87.2 cm³/mol. The van der Waals surface area contributed by atoms with E-state index in [0.717, 1.165) is 0 Å². The van der Waals surface area contributed by atoms with E-state index in [1.807, 2.05) is 13.8 Å². The van der Waals surface area contributed by atoms with Crippen LogP contribution in [-0.2, 0) is 5.41 Å². The van der Waals surface area contributed by atoms with Crippen LogP contribution >= 0.6 is 23.2 Å². The number of nitrogens with two attached hydrogens (primary N) is 2. The molecule has 0 spiro atoms. The Morgan fingerprint density at radius 3 is 2.14 bits per heavy atom. The van der Waals surface area contributed by atoms with Crippen molar-refractivity contribution in [2.45, 2.75) is 19.3 Å². The van der Waals surface area contributed by atoms with Crippen LogP contribution in [0.1, 0.15) is 25.0 Å². The van der Waals surface area contributed by atoms with E-state index in [1.54, 1.807) is 12.1 Å². The smallest absolute Gasteiger partial charge is 0.138 e. The van der Waals surface area contributed by atoms with E-state index in [0.29, 0.717) is 22.5 Å². The average Bonchev–Trinajstić information content (AvgIpc) is 2.37. The second-order valence-electron chi connectivity index (χ2n) is 5.41. The molecule has 2 aromatic rings. The molecule has 2 aromatic carbocycles. The van der Waals surface area contributed by atoms with Crippen molar-refractivity contribution in [1.29, 1.82) is 0 Å². The van der Waals surface area contributed by atoms with Gasteiger partial charge in [0.1, 0.15) is 11.5 Å². The predicted octanol–water partition coefficient (Wildman–Crippen LogP) is 3.89. The average molecular weight is 327 g/mol. The molecule has 0 aliphatic rings. The van der Waals surface area contributed by atoms with E-state index in [1.165, 1.54) is 12.1 Å². The highest BCUT2D eigenvalue weighted by Crippen LogP contribution is 2.45. The first-order valence-electron chi connectivity index (χ1n) is 6.21. The Morgan fingerprint density at radius 1 is 0.905 bits per heavy atom. The van der Waals surface area contributed by atoms with Gasteiger partial charge in [0.25, 0.3) is 0 Å². The van der Waals surface area contributed by atoms with Crippen molar-refractivity contribution in [2.75, 3.05) is 11.5 Å². The summed E-state index contributed by atoms with van der Waals surface area (Å²) in [6, 6.07) is 6.03. The third-order valence-electron chi connectivity index (χ3n) is 3.55. The van der Waals surface area contributed by atoms with Crippen molar-refractivity contribution in [1.82, 2.24) is 0 Å². The van der Waals surface area contributed by atoms with Crippen molar-refractivity contribution in [2.24, 2.45) is 0 Å². The lowest BCUT2D eigenvalue weighted by molar-refractivity contribution is 0.436. The van der Waals surface area contributed by atoms with Gasteiger partial charge in [-0.1, -0.05) is 37.0 Å². The van der Waals surface area contributed by atoms with Gasteiger partial charge in [0.2, 0.25) is 0 Å². The lowest BCUT2D eigenvalue weighted by atomic mass is 9.77. The minimum absolute atomic E-state index is 0.0165. The Labute approximate surface area is 132 Å². The molecular weight excluding hydrogens is 311 g/mol. The molecule has 0 fully saturated rings. The van der Waals surface area contributed by atoms with Gasteiger partial charge in [0, 0.05) is 28.3 Å².